The number of ether oxygens (including phenoxy) is 1. The maximum atomic E-state index is 6.05. The Labute approximate surface area is 124 Å². The summed E-state index contributed by atoms with van der Waals surface area (Å²) in [5.74, 6) is 6.67. The number of aromatic nitrogens is 1. The Morgan fingerprint density at radius 3 is 2.78 bits per heavy atom. The Balaban J connectivity index is 2.13. The van der Waals surface area contributed by atoms with Gasteiger partial charge in [0.25, 0.3) is 0 Å². The fraction of sp³-hybridized carbons (Fsp3) is 0.0833. The molecular weight excluding hydrogens is 365 g/mol. The molecule has 0 unspecified atom stereocenters. The summed E-state index contributed by atoms with van der Waals surface area (Å²) in [6, 6.07) is 11.2. The average molecular weight is 376 g/mol. The van der Waals surface area contributed by atoms with Gasteiger partial charge in [-0.05, 0) is 46.9 Å². The summed E-state index contributed by atoms with van der Waals surface area (Å²) in [4.78, 5) is 4.24. The fourth-order valence-electron chi connectivity index (χ4n) is 1.37. The number of nitrogen functional groups attached to an aromatic ring is 1. The zero-order chi connectivity index (χ0) is 13.0. The topological polar surface area (TPSA) is 60.2 Å². The molecule has 3 N–H and O–H groups in total. The van der Waals surface area contributed by atoms with Crippen molar-refractivity contribution in [3.05, 3.63) is 50.7 Å². The quantitative estimate of drug-likeness (QED) is 0.489. The second-order valence-corrected chi connectivity index (χ2v) is 5.06. The van der Waals surface area contributed by atoms with Gasteiger partial charge in [0.05, 0.1) is 14.3 Å². The molecule has 18 heavy (non-hydrogen) atoms. The van der Waals surface area contributed by atoms with Gasteiger partial charge in [-0.1, -0.05) is 23.7 Å². The van der Waals surface area contributed by atoms with Crippen molar-refractivity contribution in [2.45, 2.75) is 6.61 Å². The number of hydrogen-bond acceptors (Lipinski definition) is 4. The Kier molecular flexibility index (Phi) is 4.62. The zero-order valence-electron chi connectivity index (χ0n) is 9.36. The number of para-hydroxylation sites is 1. The minimum Gasteiger partial charge on any atom is -0.486 e. The van der Waals surface area contributed by atoms with Crippen LogP contribution in [-0.2, 0) is 6.61 Å². The van der Waals surface area contributed by atoms with Crippen LogP contribution in [0.4, 0.5) is 5.82 Å². The van der Waals surface area contributed by atoms with E-state index in [1.165, 1.54) is 0 Å². The van der Waals surface area contributed by atoms with Crippen LogP contribution in [0.5, 0.6) is 5.75 Å². The third-order valence-electron chi connectivity index (χ3n) is 2.27. The van der Waals surface area contributed by atoms with Gasteiger partial charge >= 0.3 is 0 Å². The molecule has 94 valence electrons. The van der Waals surface area contributed by atoms with Crippen molar-refractivity contribution in [1.29, 1.82) is 0 Å². The van der Waals surface area contributed by atoms with Crippen LogP contribution in [0.25, 0.3) is 0 Å². The summed E-state index contributed by atoms with van der Waals surface area (Å²) in [7, 11) is 0. The molecule has 0 amide bonds. The number of halogens is 2. The first kappa shape index (κ1) is 13.4. The number of hydrazine groups is 1. The molecule has 1 aromatic carbocycles. The number of anilines is 1. The molecule has 1 aromatic heterocycles. The molecule has 2 aromatic rings. The zero-order valence-corrected chi connectivity index (χ0v) is 12.3. The predicted octanol–water partition coefficient (Wildman–Crippen LogP) is 3.20. The van der Waals surface area contributed by atoms with E-state index in [0.29, 0.717) is 23.1 Å². The largest absolute Gasteiger partial charge is 0.486 e. The predicted molar refractivity (Wildman–Crippen MR) is 80.5 cm³/mol. The lowest BCUT2D eigenvalue weighted by molar-refractivity contribution is 0.299. The summed E-state index contributed by atoms with van der Waals surface area (Å²) >= 11 is 8.26. The van der Waals surface area contributed by atoms with Crippen LogP contribution in [0, 0.1) is 3.57 Å². The lowest BCUT2D eigenvalue weighted by Crippen LogP contribution is -2.10. The number of rotatable bonds is 4. The van der Waals surface area contributed by atoms with Crippen LogP contribution < -0.4 is 16.0 Å². The Hall–Kier alpha value is -1.05. The normalized spacial score (nSPS) is 10.2. The van der Waals surface area contributed by atoms with Gasteiger partial charge in [0.1, 0.15) is 18.2 Å². The van der Waals surface area contributed by atoms with Gasteiger partial charge in [0.15, 0.2) is 0 Å². The number of benzene rings is 1. The van der Waals surface area contributed by atoms with E-state index in [1.54, 1.807) is 12.1 Å². The van der Waals surface area contributed by atoms with E-state index in [-0.39, 0.29) is 0 Å². The van der Waals surface area contributed by atoms with Crippen molar-refractivity contribution < 1.29 is 4.74 Å². The molecule has 0 atom stereocenters. The minimum atomic E-state index is 0.300. The lowest BCUT2D eigenvalue weighted by atomic mass is 10.3. The van der Waals surface area contributed by atoms with Gasteiger partial charge < -0.3 is 10.2 Å². The standard InChI is InChI=1S/C12H11ClIN3O/c13-8-5-6-12(17-15)16-10(8)7-18-11-4-2-1-3-9(11)14/h1-6H,7,15H2,(H,16,17). The van der Waals surface area contributed by atoms with Crippen LogP contribution >= 0.6 is 34.2 Å². The first-order valence-corrected chi connectivity index (χ1v) is 6.65. The van der Waals surface area contributed by atoms with Crippen molar-refractivity contribution in [3.63, 3.8) is 0 Å². The van der Waals surface area contributed by atoms with Gasteiger partial charge in [-0.3, -0.25) is 0 Å². The van der Waals surface area contributed by atoms with Crippen molar-refractivity contribution in [2.24, 2.45) is 5.84 Å². The van der Waals surface area contributed by atoms with Crippen LogP contribution in [0.1, 0.15) is 5.69 Å². The van der Waals surface area contributed by atoms with E-state index in [9.17, 15) is 0 Å². The Bertz CT molecular complexity index is 551. The van der Waals surface area contributed by atoms with Gasteiger partial charge in [-0.2, -0.15) is 0 Å². The summed E-state index contributed by atoms with van der Waals surface area (Å²) < 4.78 is 6.72. The summed E-state index contributed by atoms with van der Waals surface area (Å²) in [5, 5.41) is 0.555. The summed E-state index contributed by atoms with van der Waals surface area (Å²) in [6.45, 7) is 0.300. The third-order valence-corrected chi connectivity index (χ3v) is 3.50. The SMILES string of the molecule is NNc1ccc(Cl)c(COc2ccccc2I)n1. The van der Waals surface area contributed by atoms with Crippen LogP contribution in [-0.4, -0.2) is 4.98 Å². The Morgan fingerprint density at radius 2 is 2.06 bits per heavy atom. The average Bonchev–Trinajstić information content (AvgIpc) is 2.39. The Morgan fingerprint density at radius 1 is 1.28 bits per heavy atom. The second kappa shape index (κ2) is 6.21. The second-order valence-electron chi connectivity index (χ2n) is 3.49. The molecule has 0 aliphatic rings. The van der Waals surface area contributed by atoms with E-state index in [1.807, 2.05) is 24.3 Å². The van der Waals surface area contributed by atoms with E-state index in [0.717, 1.165) is 9.32 Å². The van der Waals surface area contributed by atoms with Crippen molar-refractivity contribution in [1.82, 2.24) is 4.98 Å². The smallest absolute Gasteiger partial charge is 0.140 e. The monoisotopic (exact) mass is 375 g/mol. The van der Waals surface area contributed by atoms with Gasteiger partial charge in [0.2, 0.25) is 0 Å². The summed E-state index contributed by atoms with van der Waals surface area (Å²) in [6.07, 6.45) is 0. The molecule has 0 radical (unpaired) electrons. The maximum absolute atomic E-state index is 6.05. The maximum Gasteiger partial charge on any atom is 0.140 e. The molecule has 4 nitrogen and oxygen atoms in total. The van der Waals surface area contributed by atoms with E-state index in [2.05, 4.69) is 33.0 Å². The molecule has 2 rings (SSSR count). The molecule has 0 aliphatic carbocycles. The summed E-state index contributed by atoms with van der Waals surface area (Å²) in [5.41, 5.74) is 3.12. The molecule has 0 aliphatic heterocycles. The van der Waals surface area contributed by atoms with E-state index in [4.69, 9.17) is 22.2 Å². The van der Waals surface area contributed by atoms with Gasteiger partial charge in [0, 0.05) is 0 Å². The van der Waals surface area contributed by atoms with Crippen molar-refractivity contribution in [2.75, 3.05) is 5.43 Å². The van der Waals surface area contributed by atoms with Crippen LogP contribution in [0.2, 0.25) is 5.02 Å². The lowest BCUT2D eigenvalue weighted by Gasteiger charge is -2.09. The highest BCUT2D eigenvalue weighted by Gasteiger charge is 2.06. The number of hydrogen-bond donors (Lipinski definition) is 2. The van der Waals surface area contributed by atoms with Crippen LogP contribution in [0.15, 0.2) is 36.4 Å². The number of nitrogens with one attached hydrogen (secondary N) is 1. The van der Waals surface area contributed by atoms with Gasteiger partial charge in [-0.15, -0.1) is 0 Å². The van der Waals surface area contributed by atoms with Crippen molar-refractivity contribution >= 4 is 40.0 Å². The first-order chi connectivity index (χ1) is 8.70. The number of pyridine rings is 1. The van der Waals surface area contributed by atoms with E-state index < -0.39 is 0 Å². The fourth-order valence-corrected chi connectivity index (χ4v) is 2.08. The number of nitrogens with zero attached hydrogens (tertiary/aromatic N) is 1. The molecular formula is C12H11ClIN3O. The van der Waals surface area contributed by atoms with Crippen LogP contribution in [0.3, 0.4) is 0 Å². The molecule has 0 saturated carbocycles. The molecule has 0 saturated heterocycles. The number of nitrogens with two attached hydrogens (primary N) is 1. The molecule has 0 fully saturated rings. The molecule has 1 heterocycles. The highest BCUT2D eigenvalue weighted by molar-refractivity contribution is 14.1. The molecule has 6 heteroatoms. The molecule has 0 bridgehead atoms. The van der Waals surface area contributed by atoms with Gasteiger partial charge in [-0.25, -0.2) is 10.8 Å². The first-order valence-electron chi connectivity index (χ1n) is 5.20. The minimum absolute atomic E-state index is 0.300. The highest BCUT2D eigenvalue weighted by atomic mass is 127. The third kappa shape index (κ3) is 3.24. The molecule has 0 spiro atoms. The van der Waals surface area contributed by atoms with Crippen molar-refractivity contribution in [3.8, 4) is 5.75 Å². The van der Waals surface area contributed by atoms with E-state index >= 15 is 0 Å². The highest BCUT2D eigenvalue weighted by Crippen LogP contribution is 2.23.